The van der Waals surface area contributed by atoms with Crippen molar-refractivity contribution in [1.82, 2.24) is 0 Å². The zero-order valence-electron chi connectivity index (χ0n) is 28.5. The lowest BCUT2D eigenvalue weighted by Crippen LogP contribution is -2.43. The highest BCUT2D eigenvalue weighted by Gasteiger charge is 2.61. The summed E-state index contributed by atoms with van der Waals surface area (Å²) < 4.78 is 10.7. The van der Waals surface area contributed by atoms with Crippen LogP contribution in [0.25, 0.3) is 6.08 Å². The topological polar surface area (TPSA) is 148 Å². The van der Waals surface area contributed by atoms with E-state index in [4.69, 9.17) is 9.47 Å². The molecule has 3 aromatic carbocycles. The van der Waals surface area contributed by atoms with Crippen molar-refractivity contribution in [3.8, 4) is 17.2 Å². The third-order valence-corrected chi connectivity index (χ3v) is 10.8. The van der Waals surface area contributed by atoms with E-state index in [1.807, 2.05) is 12.2 Å². The Morgan fingerprint density at radius 2 is 1.20 bits per heavy atom. The fraction of sp³-hybridized carbons (Fsp3) is 0.300. The van der Waals surface area contributed by atoms with Crippen LogP contribution in [0.2, 0.25) is 0 Å². The second-order valence-corrected chi connectivity index (χ2v) is 13.4. The summed E-state index contributed by atoms with van der Waals surface area (Å²) in [5.41, 5.74) is 3.05. The molecular formula is C40H36N2O9. The fourth-order valence-corrected chi connectivity index (χ4v) is 8.27. The Balaban J connectivity index is 1.29. The Hall–Kier alpha value is -5.84. The number of hydrogen-bond donors (Lipinski definition) is 1. The number of ketones is 2. The molecule has 0 bridgehead atoms. The molecule has 3 aromatic rings. The first kappa shape index (κ1) is 33.6. The van der Waals surface area contributed by atoms with Gasteiger partial charge in [0, 0.05) is 17.0 Å². The van der Waals surface area contributed by atoms with Gasteiger partial charge < -0.3 is 14.6 Å². The maximum atomic E-state index is 14.3. The van der Waals surface area contributed by atoms with Crippen molar-refractivity contribution < 1.29 is 43.3 Å². The SMILES string of the molecule is COc1cc(C=C[C@H]2C3=CC[C@@H]4C(=O)N(c5ccc(C(C)=O)cc5)C(=O)[C@@H]4[C@@H]3C[C@H]3C(=O)N(c4ccc(C(C)=O)cc4)C(=O)[C@@H]23)cc(OC)c1O. The highest BCUT2D eigenvalue weighted by molar-refractivity contribution is 6.24. The molecule has 51 heavy (non-hydrogen) atoms. The maximum absolute atomic E-state index is 14.3. The molecule has 0 radical (unpaired) electrons. The Morgan fingerprint density at radius 1 is 0.706 bits per heavy atom. The number of methoxy groups -OCH3 is 2. The molecule has 0 unspecified atom stereocenters. The maximum Gasteiger partial charge on any atom is 0.238 e. The predicted molar refractivity (Wildman–Crippen MR) is 186 cm³/mol. The number of aromatic hydroxyl groups is 1. The molecule has 1 N–H and O–H groups in total. The number of nitrogens with zero attached hydrogens (tertiary/aromatic N) is 2. The summed E-state index contributed by atoms with van der Waals surface area (Å²) in [5, 5.41) is 10.5. The molecule has 3 fully saturated rings. The minimum absolute atomic E-state index is 0.136. The lowest BCUT2D eigenvalue weighted by molar-refractivity contribution is -0.126. The molecule has 7 rings (SSSR count). The van der Waals surface area contributed by atoms with Crippen LogP contribution in [-0.4, -0.2) is 54.5 Å². The van der Waals surface area contributed by atoms with Crippen LogP contribution < -0.4 is 19.3 Å². The number of carbonyl (C=O) groups is 6. The van der Waals surface area contributed by atoms with Crippen LogP contribution in [0.3, 0.4) is 0 Å². The molecule has 11 nitrogen and oxygen atoms in total. The van der Waals surface area contributed by atoms with Crippen molar-refractivity contribution in [1.29, 1.82) is 0 Å². The van der Waals surface area contributed by atoms with E-state index in [2.05, 4.69) is 0 Å². The van der Waals surface area contributed by atoms with Crippen LogP contribution in [0.1, 0.15) is 53.0 Å². The van der Waals surface area contributed by atoms with Crippen molar-refractivity contribution in [3.63, 3.8) is 0 Å². The zero-order valence-corrected chi connectivity index (χ0v) is 28.5. The Morgan fingerprint density at radius 3 is 1.69 bits per heavy atom. The van der Waals surface area contributed by atoms with Gasteiger partial charge in [-0.15, -0.1) is 0 Å². The third kappa shape index (κ3) is 5.44. The first-order valence-electron chi connectivity index (χ1n) is 16.8. The summed E-state index contributed by atoms with van der Waals surface area (Å²) in [6.07, 6.45) is 6.04. The quantitative estimate of drug-likeness (QED) is 0.187. The largest absolute Gasteiger partial charge is 0.502 e. The van der Waals surface area contributed by atoms with E-state index in [1.165, 1.54) is 37.9 Å². The second-order valence-electron chi connectivity index (χ2n) is 13.4. The van der Waals surface area contributed by atoms with E-state index in [1.54, 1.807) is 66.7 Å². The number of anilines is 2. The summed E-state index contributed by atoms with van der Waals surface area (Å²) >= 11 is 0. The molecule has 260 valence electrons. The Bertz CT molecular complexity index is 2040. The number of hydrogen-bond acceptors (Lipinski definition) is 9. The number of rotatable bonds is 8. The van der Waals surface area contributed by atoms with Crippen molar-refractivity contribution in [3.05, 3.63) is 95.1 Å². The highest BCUT2D eigenvalue weighted by atomic mass is 16.5. The number of ether oxygens (including phenoxy) is 2. The van der Waals surface area contributed by atoms with Gasteiger partial charge in [0.05, 0.1) is 49.3 Å². The van der Waals surface area contributed by atoms with Gasteiger partial charge in [-0.3, -0.25) is 38.6 Å². The molecule has 4 aliphatic rings. The van der Waals surface area contributed by atoms with Crippen molar-refractivity contribution >= 4 is 52.6 Å². The van der Waals surface area contributed by atoms with Crippen LogP contribution in [0.15, 0.2) is 78.4 Å². The minimum Gasteiger partial charge on any atom is -0.502 e. The van der Waals surface area contributed by atoms with E-state index >= 15 is 0 Å². The van der Waals surface area contributed by atoms with Crippen LogP contribution in [-0.2, 0) is 19.2 Å². The first-order chi connectivity index (χ1) is 24.4. The van der Waals surface area contributed by atoms with E-state index in [0.717, 1.165) is 5.57 Å². The normalized spacial score (nSPS) is 25.5. The number of phenols is 1. The summed E-state index contributed by atoms with van der Waals surface area (Å²) in [6.45, 7) is 2.88. The van der Waals surface area contributed by atoms with Gasteiger partial charge in [-0.2, -0.15) is 0 Å². The first-order valence-corrected chi connectivity index (χ1v) is 16.8. The molecule has 2 aliphatic carbocycles. The number of Topliss-reactive ketones (excluding diaryl/α,β-unsaturated/α-hetero) is 2. The predicted octanol–water partition coefficient (Wildman–Crippen LogP) is 5.41. The number of allylic oxidation sites excluding steroid dienone is 3. The van der Waals surface area contributed by atoms with Gasteiger partial charge in [0.2, 0.25) is 29.4 Å². The Labute approximate surface area is 294 Å². The van der Waals surface area contributed by atoms with Gasteiger partial charge in [0.15, 0.2) is 23.1 Å². The molecule has 0 spiro atoms. The van der Waals surface area contributed by atoms with E-state index in [-0.39, 0.29) is 53.5 Å². The van der Waals surface area contributed by atoms with Crippen LogP contribution in [0, 0.1) is 35.5 Å². The Kier molecular flexibility index (Phi) is 8.45. The number of amides is 4. The monoisotopic (exact) mass is 688 g/mol. The smallest absolute Gasteiger partial charge is 0.238 e. The number of phenolic OH excluding ortho intramolecular Hbond substituents is 1. The molecule has 6 atom stereocenters. The molecular weight excluding hydrogens is 652 g/mol. The number of benzene rings is 3. The van der Waals surface area contributed by atoms with Crippen molar-refractivity contribution in [2.75, 3.05) is 24.0 Å². The minimum atomic E-state index is -0.788. The van der Waals surface area contributed by atoms with Gasteiger partial charge in [-0.1, -0.05) is 23.8 Å². The second kappa shape index (κ2) is 12.8. The molecule has 2 aliphatic heterocycles. The summed E-state index contributed by atoms with van der Waals surface area (Å²) in [6, 6.07) is 15.9. The van der Waals surface area contributed by atoms with E-state index < -0.39 is 47.3 Å². The average Bonchev–Trinajstić information content (AvgIpc) is 3.54. The van der Waals surface area contributed by atoms with Gasteiger partial charge in [-0.25, -0.2) is 0 Å². The van der Waals surface area contributed by atoms with Gasteiger partial charge in [0.1, 0.15) is 0 Å². The number of fused-ring (bicyclic) bond motifs is 4. The van der Waals surface area contributed by atoms with Crippen molar-refractivity contribution in [2.24, 2.45) is 35.5 Å². The molecule has 0 aromatic heterocycles. The fourth-order valence-electron chi connectivity index (χ4n) is 8.27. The van der Waals surface area contributed by atoms with Gasteiger partial charge >= 0.3 is 0 Å². The summed E-state index contributed by atoms with van der Waals surface area (Å²) in [7, 11) is 2.84. The third-order valence-electron chi connectivity index (χ3n) is 10.8. The molecule has 2 saturated heterocycles. The van der Waals surface area contributed by atoms with Crippen LogP contribution in [0.5, 0.6) is 17.2 Å². The molecule has 11 heteroatoms. The molecule has 1 saturated carbocycles. The average molecular weight is 689 g/mol. The van der Waals surface area contributed by atoms with Crippen LogP contribution in [0.4, 0.5) is 11.4 Å². The van der Waals surface area contributed by atoms with Crippen LogP contribution >= 0.6 is 0 Å². The lowest BCUT2D eigenvalue weighted by atomic mass is 9.58. The zero-order chi connectivity index (χ0) is 36.3. The highest BCUT2D eigenvalue weighted by Crippen LogP contribution is 2.56. The molecule has 2 heterocycles. The summed E-state index contributed by atoms with van der Waals surface area (Å²) in [4.78, 5) is 82.8. The number of imide groups is 2. The van der Waals surface area contributed by atoms with Gasteiger partial charge in [-0.05, 0) is 98.8 Å². The number of carbonyl (C=O) groups excluding carboxylic acids is 6. The lowest BCUT2D eigenvalue weighted by Gasteiger charge is -2.42. The van der Waals surface area contributed by atoms with E-state index in [0.29, 0.717) is 28.1 Å². The van der Waals surface area contributed by atoms with Crippen molar-refractivity contribution in [2.45, 2.75) is 26.7 Å². The van der Waals surface area contributed by atoms with E-state index in [9.17, 15) is 33.9 Å². The summed E-state index contributed by atoms with van der Waals surface area (Å²) in [5.74, 6) is -5.65. The standard InChI is InChI=1S/C40H36N2O9/c1-20(43)23-6-10-25(11-7-23)41-37(46)29-16-15-27-28(14-5-22-17-32(50-3)36(45)33(18-22)51-4)34-31(19-30(27)35(29)40(41)49)38(47)42(39(34)48)26-12-8-24(9-13-26)21(2)44/h5-15,17-18,28-31,34-35,45H,16,19H2,1-4H3/t28-,29-,30+,31+,34-,35-/m0/s1. The molecule has 4 amide bonds. The van der Waals surface area contributed by atoms with Gasteiger partial charge in [0.25, 0.3) is 0 Å².